The number of fused-ring (bicyclic) bond motifs is 2. The molecule has 7 nitrogen and oxygen atoms in total. The monoisotopic (exact) mass is 419 g/mol. The molecule has 1 aromatic heterocycles. The molecule has 8 heteroatoms. The molecule has 2 amide bonds. The zero-order valence-electron chi connectivity index (χ0n) is 16.5. The molecule has 1 unspecified atom stereocenters. The normalized spacial score (nSPS) is 16.7. The zero-order chi connectivity index (χ0) is 20.7. The van der Waals surface area contributed by atoms with E-state index in [2.05, 4.69) is 15.6 Å². The average Bonchev–Trinajstić information content (AvgIpc) is 3.56. The Kier molecular flexibility index (Phi) is 4.78. The van der Waals surface area contributed by atoms with Crippen LogP contribution in [0, 0.1) is 0 Å². The molecular formula is C22H21N5O2S. The molecule has 1 aliphatic carbocycles. The van der Waals surface area contributed by atoms with Crippen LogP contribution in [-0.4, -0.2) is 39.6 Å². The molecule has 1 saturated carbocycles. The lowest BCUT2D eigenvalue weighted by Crippen LogP contribution is -2.45. The van der Waals surface area contributed by atoms with E-state index >= 15 is 0 Å². The van der Waals surface area contributed by atoms with Crippen LogP contribution in [0.15, 0.2) is 53.7 Å². The highest BCUT2D eigenvalue weighted by atomic mass is 32.2. The van der Waals surface area contributed by atoms with Crippen molar-refractivity contribution < 1.29 is 9.59 Å². The summed E-state index contributed by atoms with van der Waals surface area (Å²) in [5.74, 6) is 0.473. The molecule has 2 aliphatic rings. The first-order valence-corrected chi connectivity index (χ1v) is 10.9. The summed E-state index contributed by atoms with van der Waals surface area (Å²) in [6.45, 7) is 1.84. The molecule has 1 aliphatic heterocycles. The standard InChI is InChI=1S/C22H21N5O2S/c1-13(21(29)27-12-19(28)24-17-8-4-5-9-18(17)27)30-22-25-16-7-3-2-6-15(16)20(26-22)23-14-10-11-14/h2-9,13-14H,10-12H2,1H3,(H,24,28)(H,23,25,26). The fourth-order valence-electron chi connectivity index (χ4n) is 3.50. The summed E-state index contributed by atoms with van der Waals surface area (Å²) in [4.78, 5) is 36.2. The number of nitrogens with zero attached hydrogens (tertiary/aromatic N) is 3. The minimum Gasteiger partial charge on any atom is -0.367 e. The van der Waals surface area contributed by atoms with Gasteiger partial charge in [-0.3, -0.25) is 14.5 Å². The van der Waals surface area contributed by atoms with E-state index in [4.69, 9.17) is 4.98 Å². The second-order valence-corrected chi connectivity index (χ2v) is 8.85. The van der Waals surface area contributed by atoms with Crippen molar-refractivity contribution in [1.82, 2.24) is 9.97 Å². The highest BCUT2D eigenvalue weighted by Crippen LogP contribution is 2.33. The summed E-state index contributed by atoms with van der Waals surface area (Å²) in [5, 5.41) is 7.37. The minimum absolute atomic E-state index is 0.00775. The fourth-order valence-corrected chi connectivity index (χ4v) is 4.34. The van der Waals surface area contributed by atoms with E-state index in [0.717, 1.165) is 29.6 Å². The second-order valence-electron chi connectivity index (χ2n) is 7.54. The number of aromatic nitrogens is 2. The Hall–Kier alpha value is -3.13. The van der Waals surface area contributed by atoms with Gasteiger partial charge in [-0.1, -0.05) is 36.0 Å². The highest BCUT2D eigenvalue weighted by Gasteiger charge is 2.31. The number of carbonyl (C=O) groups is 2. The Morgan fingerprint density at radius 3 is 2.77 bits per heavy atom. The van der Waals surface area contributed by atoms with Gasteiger partial charge >= 0.3 is 0 Å². The molecule has 0 saturated heterocycles. The van der Waals surface area contributed by atoms with Gasteiger partial charge in [-0.15, -0.1) is 0 Å². The van der Waals surface area contributed by atoms with Gasteiger partial charge in [-0.2, -0.15) is 0 Å². The van der Waals surface area contributed by atoms with E-state index in [9.17, 15) is 9.59 Å². The number of nitrogens with one attached hydrogen (secondary N) is 2. The number of benzene rings is 2. The van der Waals surface area contributed by atoms with Crippen molar-refractivity contribution in [3.05, 3.63) is 48.5 Å². The molecule has 1 atom stereocenters. The zero-order valence-corrected chi connectivity index (χ0v) is 17.3. The average molecular weight is 420 g/mol. The number of thioether (sulfide) groups is 1. The number of anilines is 3. The van der Waals surface area contributed by atoms with Gasteiger partial charge in [0.15, 0.2) is 5.16 Å². The first-order chi connectivity index (χ1) is 14.6. The Bertz CT molecular complexity index is 1150. The number of rotatable bonds is 5. The molecule has 30 heavy (non-hydrogen) atoms. The summed E-state index contributed by atoms with van der Waals surface area (Å²) in [6.07, 6.45) is 2.29. The molecule has 2 heterocycles. The maximum absolute atomic E-state index is 13.2. The lowest BCUT2D eigenvalue weighted by molar-refractivity contribution is -0.121. The molecule has 2 N–H and O–H groups in total. The van der Waals surface area contributed by atoms with Gasteiger partial charge < -0.3 is 10.6 Å². The quantitative estimate of drug-likeness (QED) is 0.485. The summed E-state index contributed by atoms with van der Waals surface area (Å²) in [6, 6.07) is 15.7. The van der Waals surface area contributed by atoms with E-state index < -0.39 is 5.25 Å². The Labute approximate surface area is 178 Å². The van der Waals surface area contributed by atoms with E-state index in [1.165, 1.54) is 16.7 Å². The number of amides is 2. The van der Waals surface area contributed by atoms with Crippen molar-refractivity contribution in [2.24, 2.45) is 0 Å². The third-order valence-electron chi connectivity index (χ3n) is 5.17. The van der Waals surface area contributed by atoms with Crippen LogP contribution >= 0.6 is 11.8 Å². The first-order valence-electron chi connectivity index (χ1n) is 9.99. The van der Waals surface area contributed by atoms with Gasteiger partial charge in [-0.25, -0.2) is 9.97 Å². The second kappa shape index (κ2) is 7.60. The predicted octanol–water partition coefficient (Wildman–Crippen LogP) is 3.67. The van der Waals surface area contributed by atoms with E-state index in [0.29, 0.717) is 22.6 Å². The van der Waals surface area contributed by atoms with Crippen LogP contribution in [0.1, 0.15) is 19.8 Å². The minimum atomic E-state index is -0.445. The van der Waals surface area contributed by atoms with Gasteiger partial charge in [0.2, 0.25) is 11.8 Å². The Morgan fingerprint density at radius 2 is 1.93 bits per heavy atom. The van der Waals surface area contributed by atoms with Gasteiger partial charge in [0.05, 0.1) is 22.1 Å². The number of hydrogen-bond acceptors (Lipinski definition) is 6. The van der Waals surface area contributed by atoms with Crippen LogP contribution in [0.4, 0.5) is 17.2 Å². The largest absolute Gasteiger partial charge is 0.367 e. The SMILES string of the molecule is CC(Sc1nc(NC2CC2)c2ccccc2n1)C(=O)N1CC(=O)Nc2ccccc21. The van der Waals surface area contributed by atoms with E-state index in [-0.39, 0.29) is 18.4 Å². The van der Waals surface area contributed by atoms with E-state index in [1.807, 2.05) is 49.4 Å². The van der Waals surface area contributed by atoms with Crippen LogP contribution < -0.4 is 15.5 Å². The lowest BCUT2D eigenvalue weighted by Gasteiger charge is -2.30. The number of para-hydroxylation sites is 3. The van der Waals surface area contributed by atoms with Crippen LogP contribution in [0.2, 0.25) is 0 Å². The number of hydrogen-bond donors (Lipinski definition) is 2. The maximum atomic E-state index is 13.2. The third kappa shape index (κ3) is 3.70. The molecular weight excluding hydrogens is 398 g/mol. The van der Waals surface area contributed by atoms with E-state index in [1.54, 1.807) is 6.07 Å². The summed E-state index contributed by atoms with van der Waals surface area (Å²) < 4.78 is 0. The van der Waals surface area contributed by atoms with Crippen molar-refractivity contribution in [2.75, 3.05) is 22.1 Å². The molecule has 0 radical (unpaired) electrons. The summed E-state index contributed by atoms with van der Waals surface area (Å²) in [7, 11) is 0. The van der Waals surface area contributed by atoms with Crippen LogP contribution in [0.3, 0.4) is 0 Å². The molecule has 0 bridgehead atoms. The Morgan fingerprint density at radius 1 is 1.17 bits per heavy atom. The van der Waals surface area contributed by atoms with Crippen molar-refractivity contribution in [3.8, 4) is 0 Å². The highest BCUT2D eigenvalue weighted by molar-refractivity contribution is 8.00. The Balaban J connectivity index is 1.41. The summed E-state index contributed by atoms with van der Waals surface area (Å²) in [5.41, 5.74) is 2.21. The molecule has 5 rings (SSSR count). The molecule has 1 fully saturated rings. The first kappa shape index (κ1) is 18.9. The fraction of sp³-hybridized carbons (Fsp3) is 0.273. The van der Waals surface area contributed by atoms with Crippen LogP contribution in [0.5, 0.6) is 0 Å². The van der Waals surface area contributed by atoms with Crippen LogP contribution in [-0.2, 0) is 9.59 Å². The van der Waals surface area contributed by atoms with Gasteiger partial charge in [0.1, 0.15) is 12.4 Å². The number of carbonyl (C=O) groups excluding carboxylic acids is 2. The van der Waals surface area contributed by atoms with Crippen molar-refractivity contribution >= 4 is 51.7 Å². The molecule has 3 aromatic rings. The lowest BCUT2D eigenvalue weighted by atomic mass is 10.2. The topological polar surface area (TPSA) is 87.2 Å². The molecule has 2 aromatic carbocycles. The van der Waals surface area contributed by atoms with Crippen LogP contribution in [0.25, 0.3) is 10.9 Å². The summed E-state index contributed by atoms with van der Waals surface area (Å²) >= 11 is 1.31. The molecule has 152 valence electrons. The molecule has 0 spiro atoms. The van der Waals surface area contributed by atoms with Gasteiger partial charge in [-0.05, 0) is 44.0 Å². The maximum Gasteiger partial charge on any atom is 0.244 e. The van der Waals surface area contributed by atoms with Crippen molar-refractivity contribution in [1.29, 1.82) is 0 Å². The van der Waals surface area contributed by atoms with Gasteiger partial charge in [0, 0.05) is 11.4 Å². The van der Waals surface area contributed by atoms with Gasteiger partial charge in [0.25, 0.3) is 0 Å². The third-order valence-corrected chi connectivity index (χ3v) is 6.12. The van der Waals surface area contributed by atoms with Crippen molar-refractivity contribution in [2.45, 2.75) is 36.2 Å². The van der Waals surface area contributed by atoms with Crippen molar-refractivity contribution in [3.63, 3.8) is 0 Å². The smallest absolute Gasteiger partial charge is 0.244 e. The predicted molar refractivity (Wildman–Crippen MR) is 119 cm³/mol.